The van der Waals surface area contributed by atoms with Gasteiger partial charge in [0.1, 0.15) is 0 Å². The van der Waals surface area contributed by atoms with E-state index in [0.717, 1.165) is 0 Å². The minimum absolute atomic E-state index is 0. The topological polar surface area (TPSA) is 82.0 Å². The zero-order valence-corrected chi connectivity index (χ0v) is 8.58. The van der Waals surface area contributed by atoms with E-state index < -0.39 is 5.91 Å². The van der Waals surface area contributed by atoms with Gasteiger partial charge in [0.15, 0.2) is 0 Å². The molecule has 1 aromatic heterocycles. The Kier molecular flexibility index (Phi) is 4.22. The molecule has 0 aliphatic carbocycles. The number of aromatic nitrogens is 1. The Bertz CT molecular complexity index is 247. The van der Waals surface area contributed by atoms with Crippen molar-refractivity contribution in [3.8, 4) is 0 Å². The molecule has 0 saturated carbocycles. The third-order valence-electron chi connectivity index (χ3n) is 0.971. The number of nitrogens with two attached hydrogens (primary N) is 2. The maximum Gasteiger partial charge on any atom is 0.210 e. The van der Waals surface area contributed by atoms with Crippen molar-refractivity contribution >= 4 is 11.6 Å². The monoisotopic (exact) mass is 225 g/mol. The molecule has 5 heteroatoms. The van der Waals surface area contributed by atoms with E-state index in [-0.39, 0.29) is 38.4 Å². The van der Waals surface area contributed by atoms with Crippen LogP contribution in [0.25, 0.3) is 0 Å². The first kappa shape index (κ1) is 10.5. The van der Waals surface area contributed by atoms with Gasteiger partial charge in [0.2, 0.25) is 5.91 Å². The minimum Gasteiger partial charge on any atom is -0.418 e. The van der Waals surface area contributed by atoms with Crippen molar-refractivity contribution in [2.75, 3.05) is 5.73 Å². The number of amides is 1. The van der Waals surface area contributed by atoms with Crippen molar-refractivity contribution in [2.45, 2.75) is 0 Å². The zero-order valence-electron chi connectivity index (χ0n) is 5.74. The predicted molar refractivity (Wildman–Crippen MR) is 36.0 cm³/mol. The summed E-state index contributed by atoms with van der Waals surface area (Å²) in [5.74, 6) is -0.573. The van der Waals surface area contributed by atoms with Crippen molar-refractivity contribution in [1.29, 1.82) is 0 Å². The fraction of sp³-hybridized carbons (Fsp3) is 0. The Morgan fingerprint density at radius 1 is 1.64 bits per heavy atom. The van der Waals surface area contributed by atoms with E-state index in [1.165, 1.54) is 12.3 Å². The maximum atomic E-state index is 10.4. The number of nitrogen functional groups attached to an aromatic ring is 1. The van der Waals surface area contributed by atoms with Crippen LogP contribution in [-0.2, 0) is 32.7 Å². The molecule has 0 bridgehead atoms. The summed E-state index contributed by atoms with van der Waals surface area (Å²) in [7, 11) is 0. The van der Waals surface area contributed by atoms with Gasteiger partial charge in [-0.1, -0.05) is 11.9 Å². The van der Waals surface area contributed by atoms with Gasteiger partial charge in [0.25, 0.3) is 0 Å². The second kappa shape index (κ2) is 4.41. The zero-order chi connectivity index (χ0) is 7.56. The molecule has 1 aromatic rings. The van der Waals surface area contributed by atoms with Crippen molar-refractivity contribution < 1.29 is 37.5 Å². The number of carbonyl (C=O) groups excluding carboxylic acids is 1. The standard InChI is InChI=1S/C6H6N3O.Y/c7-4-1-2-5(6(8)10)9-3-4;/h2-3H,7H2,(H2,8,10);/q-1;. The fourth-order valence-corrected chi connectivity index (χ4v) is 0.500. The molecule has 1 heterocycles. The summed E-state index contributed by atoms with van der Waals surface area (Å²) < 4.78 is 0. The van der Waals surface area contributed by atoms with Crippen LogP contribution in [0.1, 0.15) is 10.5 Å². The summed E-state index contributed by atoms with van der Waals surface area (Å²) in [6.45, 7) is 0. The van der Waals surface area contributed by atoms with Gasteiger partial charge in [0, 0.05) is 38.4 Å². The largest absolute Gasteiger partial charge is 0.418 e. The number of rotatable bonds is 1. The quantitative estimate of drug-likeness (QED) is 0.635. The number of nitrogens with zero attached hydrogens (tertiary/aromatic N) is 1. The molecule has 11 heavy (non-hydrogen) atoms. The molecule has 0 aromatic carbocycles. The van der Waals surface area contributed by atoms with Crippen LogP contribution in [0.4, 0.5) is 5.69 Å². The number of anilines is 1. The molecule has 55 valence electrons. The van der Waals surface area contributed by atoms with E-state index in [0.29, 0.717) is 5.69 Å². The third-order valence-corrected chi connectivity index (χ3v) is 0.971. The van der Waals surface area contributed by atoms with Gasteiger partial charge in [-0.05, 0) is 0 Å². The molecule has 1 amide bonds. The molecular weight excluding hydrogens is 219 g/mol. The smallest absolute Gasteiger partial charge is 0.210 e. The average molecular weight is 225 g/mol. The number of hydrogen-bond acceptors (Lipinski definition) is 3. The molecule has 0 aliphatic rings. The van der Waals surface area contributed by atoms with E-state index >= 15 is 0 Å². The van der Waals surface area contributed by atoms with Crippen molar-refractivity contribution in [3.63, 3.8) is 0 Å². The Morgan fingerprint density at radius 3 is 2.64 bits per heavy atom. The average Bonchev–Trinajstić information content (AvgIpc) is 1.88. The Balaban J connectivity index is 0.000001000. The molecule has 0 saturated heterocycles. The molecule has 4 N–H and O–H groups in total. The van der Waals surface area contributed by atoms with Gasteiger partial charge in [0.05, 0.1) is 0 Å². The van der Waals surface area contributed by atoms with Crippen molar-refractivity contribution in [2.24, 2.45) is 5.73 Å². The van der Waals surface area contributed by atoms with Crippen LogP contribution < -0.4 is 11.5 Å². The van der Waals surface area contributed by atoms with Crippen LogP contribution in [0.5, 0.6) is 0 Å². The Morgan fingerprint density at radius 2 is 2.27 bits per heavy atom. The number of hydrogen-bond donors (Lipinski definition) is 2. The molecule has 0 aliphatic heterocycles. The first-order chi connectivity index (χ1) is 4.70. The van der Waals surface area contributed by atoms with Gasteiger partial charge in [-0.2, -0.15) is 6.07 Å². The Hall–Kier alpha value is -0.476. The molecule has 0 spiro atoms. The van der Waals surface area contributed by atoms with Gasteiger partial charge in [-0.3, -0.25) is 4.79 Å². The Labute approximate surface area is 89.2 Å². The van der Waals surface area contributed by atoms with Crippen LogP contribution in [-0.4, -0.2) is 10.9 Å². The van der Waals surface area contributed by atoms with Crippen LogP contribution >= 0.6 is 0 Å². The van der Waals surface area contributed by atoms with Crippen LogP contribution in [0.15, 0.2) is 12.3 Å². The van der Waals surface area contributed by atoms with Crippen LogP contribution in [0.2, 0.25) is 0 Å². The summed E-state index contributed by atoms with van der Waals surface area (Å²) in [5.41, 5.74) is 10.7. The van der Waals surface area contributed by atoms with E-state index in [1.807, 2.05) is 0 Å². The maximum absolute atomic E-state index is 10.4. The molecule has 1 radical (unpaired) electrons. The molecule has 0 atom stereocenters. The fourth-order valence-electron chi connectivity index (χ4n) is 0.500. The number of primary amides is 1. The van der Waals surface area contributed by atoms with Crippen LogP contribution in [0.3, 0.4) is 0 Å². The molecular formula is C6H6N3OY-. The van der Waals surface area contributed by atoms with Crippen LogP contribution in [0, 0.1) is 6.07 Å². The summed E-state index contributed by atoms with van der Waals surface area (Å²) in [6, 6.07) is 3.95. The van der Waals surface area contributed by atoms with E-state index in [9.17, 15) is 4.79 Å². The van der Waals surface area contributed by atoms with E-state index in [4.69, 9.17) is 11.5 Å². The van der Waals surface area contributed by atoms with Gasteiger partial charge < -0.3 is 16.5 Å². The third kappa shape index (κ3) is 2.95. The summed E-state index contributed by atoms with van der Waals surface area (Å²) in [5, 5.41) is 0. The molecule has 0 fully saturated rings. The van der Waals surface area contributed by atoms with Crippen molar-refractivity contribution in [3.05, 3.63) is 24.0 Å². The minimum atomic E-state index is -0.573. The van der Waals surface area contributed by atoms with Crippen molar-refractivity contribution in [1.82, 2.24) is 4.98 Å². The summed E-state index contributed by atoms with van der Waals surface area (Å²) >= 11 is 0. The molecule has 4 nitrogen and oxygen atoms in total. The number of pyridine rings is 1. The van der Waals surface area contributed by atoms with Gasteiger partial charge in [-0.25, -0.2) is 0 Å². The first-order valence-electron chi connectivity index (χ1n) is 2.63. The predicted octanol–water partition coefficient (Wildman–Crippen LogP) is -0.440. The number of carbonyl (C=O) groups is 1. The molecule has 0 unspecified atom stereocenters. The van der Waals surface area contributed by atoms with Gasteiger partial charge >= 0.3 is 0 Å². The summed E-state index contributed by atoms with van der Waals surface area (Å²) in [6.07, 6.45) is 1.33. The normalized spacial score (nSPS) is 8.36. The first-order valence-corrected chi connectivity index (χ1v) is 2.63. The van der Waals surface area contributed by atoms with E-state index in [1.54, 1.807) is 0 Å². The second-order valence-electron chi connectivity index (χ2n) is 1.75. The molecule has 1 rings (SSSR count). The summed E-state index contributed by atoms with van der Waals surface area (Å²) in [4.78, 5) is 14.1. The SMILES string of the molecule is NC(=O)c1c[c-]c(N)cn1.[Y]. The second-order valence-corrected chi connectivity index (χ2v) is 1.75. The van der Waals surface area contributed by atoms with E-state index in [2.05, 4.69) is 11.1 Å². The van der Waals surface area contributed by atoms with Gasteiger partial charge in [-0.15, -0.1) is 6.07 Å².